The Balaban J connectivity index is 1.66. The average Bonchev–Trinajstić information content (AvgIpc) is 2.61. The first-order chi connectivity index (χ1) is 8.07. The Bertz CT molecular complexity index is 345. The highest BCUT2D eigenvalue weighted by Crippen LogP contribution is 2.15. The molecule has 2 saturated heterocycles. The van der Waals surface area contributed by atoms with Crippen molar-refractivity contribution in [2.24, 2.45) is 0 Å². The SMILES string of the molecule is CC1CSCCN1CCNC1CCS(=O)(=O)C1. The second-order valence-corrected chi connectivity index (χ2v) is 8.39. The predicted molar refractivity (Wildman–Crippen MR) is 73.4 cm³/mol. The summed E-state index contributed by atoms with van der Waals surface area (Å²) >= 11 is 2.02. The predicted octanol–water partition coefficient (Wildman–Crippen LogP) is 0.200. The number of thioether (sulfide) groups is 1. The lowest BCUT2D eigenvalue weighted by atomic mass is 10.2. The van der Waals surface area contributed by atoms with Gasteiger partial charge in [-0.1, -0.05) is 0 Å². The monoisotopic (exact) mass is 278 g/mol. The Hall–Kier alpha value is 0.220. The van der Waals surface area contributed by atoms with E-state index in [1.54, 1.807) is 0 Å². The fraction of sp³-hybridized carbons (Fsp3) is 1.00. The molecule has 0 aromatic carbocycles. The summed E-state index contributed by atoms with van der Waals surface area (Å²) in [6.45, 7) is 5.39. The smallest absolute Gasteiger partial charge is 0.151 e. The van der Waals surface area contributed by atoms with Crippen LogP contribution in [0.15, 0.2) is 0 Å². The summed E-state index contributed by atoms with van der Waals surface area (Å²) in [6, 6.07) is 0.845. The molecule has 0 amide bonds. The molecule has 0 aliphatic carbocycles. The maximum Gasteiger partial charge on any atom is 0.151 e. The Kier molecular flexibility index (Phi) is 4.74. The zero-order valence-corrected chi connectivity index (χ0v) is 12.0. The third-order valence-electron chi connectivity index (χ3n) is 3.57. The van der Waals surface area contributed by atoms with Crippen LogP contribution in [0.4, 0.5) is 0 Å². The molecule has 6 heteroatoms. The lowest BCUT2D eigenvalue weighted by Gasteiger charge is -2.33. The van der Waals surface area contributed by atoms with Crippen molar-refractivity contribution in [3.63, 3.8) is 0 Å². The van der Waals surface area contributed by atoms with Gasteiger partial charge in [0.25, 0.3) is 0 Å². The Morgan fingerprint density at radius 3 is 2.94 bits per heavy atom. The van der Waals surface area contributed by atoms with Gasteiger partial charge in [0.15, 0.2) is 9.84 Å². The van der Waals surface area contributed by atoms with E-state index in [1.165, 1.54) is 11.5 Å². The second kappa shape index (κ2) is 5.91. The van der Waals surface area contributed by atoms with Crippen molar-refractivity contribution >= 4 is 21.6 Å². The standard InChI is InChI=1S/C11H22N2O2S2/c1-10-8-16-6-5-13(10)4-3-12-11-2-7-17(14,15)9-11/h10-12H,2-9H2,1H3. The van der Waals surface area contributed by atoms with Gasteiger partial charge in [-0.05, 0) is 13.3 Å². The van der Waals surface area contributed by atoms with Crippen LogP contribution in [0.25, 0.3) is 0 Å². The van der Waals surface area contributed by atoms with E-state index in [0.717, 1.165) is 26.1 Å². The molecule has 1 N–H and O–H groups in total. The molecule has 2 rings (SSSR count). The van der Waals surface area contributed by atoms with E-state index in [1.807, 2.05) is 11.8 Å². The molecule has 2 aliphatic heterocycles. The number of hydrogen-bond donors (Lipinski definition) is 1. The number of rotatable bonds is 4. The first-order valence-electron chi connectivity index (χ1n) is 6.32. The Morgan fingerprint density at radius 2 is 2.29 bits per heavy atom. The van der Waals surface area contributed by atoms with Gasteiger partial charge < -0.3 is 5.32 Å². The van der Waals surface area contributed by atoms with Crippen molar-refractivity contribution < 1.29 is 8.42 Å². The van der Waals surface area contributed by atoms with Crippen LogP contribution in [-0.2, 0) is 9.84 Å². The van der Waals surface area contributed by atoms with E-state index in [4.69, 9.17) is 0 Å². The maximum absolute atomic E-state index is 11.3. The highest BCUT2D eigenvalue weighted by Gasteiger charge is 2.27. The largest absolute Gasteiger partial charge is 0.312 e. The zero-order valence-electron chi connectivity index (χ0n) is 10.4. The summed E-state index contributed by atoms with van der Waals surface area (Å²) in [5.74, 6) is 3.14. The summed E-state index contributed by atoms with van der Waals surface area (Å²) < 4.78 is 22.6. The highest BCUT2D eigenvalue weighted by atomic mass is 32.2. The molecule has 0 aromatic rings. The molecular formula is C11H22N2O2S2. The van der Waals surface area contributed by atoms with Crippen molar-refractivity contribution in [1.29, 1.82) is 0 Å². The van der Waals surface area contributed by atoms with E-state index in [2.05, 4.69) is 17.1 Å². The molecule has 0 saturated carbocycles. The van der Waals surface area contributed by atoms with Gasteiger partial charge in [0.05, 0.1) is 11.5 Å². The Morgan fingerprint density at radius 1 is 1.47 bits per heavy atom. The average molecular weight is 278 g/mol. The van der Waals surface area contributed by atoms with E-state index in [9.17, 15) is 8.42 Å². The minimum absolute atomic E-state index is 0.189. The van der Waals surface area contributed by atoms with E-state index >= 15 is 0 Å². The molecule has 100 valence electrons. The summed E-state index contributed by atoms with van der Waals surface area (Å²) in [7, 11) is -2.74. The minimum Gasteiger partial charge on any atom is -0.312 e. The topological polar surface area (TPSA) is 49.4 Å². The zero-order chi connectivity index (χ0) is 12.3. The third-order valence-corrected chi connectivity index (χ3v) is 6.53. The molecule has 0 bridgehead atoms. The van der Waals surface area contributed by atoms with Crippen LogP contribution < -0.4 is 5.32 Å². The number of nitrogens with one attached hydrogen (secondary N) is 1. The van der Waals surface area contributed by atoms with Crippen LogP contribution in [0.5, 0.6) is 0 Å². The fourth-order valence-corrected chi connectivity index (χ4v) is 5.25. The van der Waals surface area contributed by atoms with Gasteiger partial charge in [-0.15, -0.1) is 0 Å². The second-order valence-electron chi connectivity index (χ2n) is 5.01. The molecule has 2 atom stereocenters. The number of sulfone groups is 1. The van der Waals surface area contributed by atoms with Crippen molar-refractivity contribution in [3.8, 4) is 0 Å². The molecule has 0 aromatic heterocycles. The first kappa shape index (κ1) is 13.6. The molecule has 0 spiro atoms. The maximum atomic E-state index is 11.3. The third kappa shape index (κ3) is 4.12. The van der Waals surface area contributed by atoms with Gasteiger partial charge in [-0.25, -0.2) is 8.42 Å². The lowest BCUT2D eigenvalue weighted by Crippen LogP contribution is -2.45. The van der Waals surface area contributed by atoms with Gasteiger partial charge in [0.2, 0.25) is 0 Å². The van der Waals surface area contributed by atoms with Crippen LogP contribution >= 0.6 is 11.8 Å². The normalized spacial score (nSPS) is 33.9. The van der Waals surface area contributed by atoms with Gasteiger partial charge >= 0.3 is 0 Å². The number of hydrogen-bond acceptors (Lipinski definition) is 5. The summed E-state index contributed by atoms with van der Waals surface area (Å²) in [4.78, 5) is 2.49. The summed E-state index contributed by atoms with van der Waals surface area (Å²) in [5, 5.41) is 3.38. The van der Waals surface area contributed by atoms with Crippen LogP contribution in [0, 0.1) is 0 Å². The van der Waals surface area contributed by atoms with Crippen LogP contribution in [0.1, 0.15) is 13.3 Å². The molecule has 17 heavy (non-hydrogen) atoms. The van der Waals surface area contributed by atoms with Gasteiger partial charge in [0.1, 0.15) is 0 Å². The Labute approximate surface area is 108 Å². The molecular weight excluding hydrogens is 256 g/mol. The minimum atomic E-state index is -2.74. The van der Waals surface area contributed by atoms with Crippen molar-refractivity contribution in [1.82, 2.24) is 10.2 Å². The first-order valence-corrected chi connectivity index (χ1v) is 9.30. The quantitative estimate of drug-likeness (QED) is 0.796. The highest BCUT2D eigenvalue weighted by molar-refractivity contribution is 7.99. The molecule has 2 fully saturated rings. The molecule has 2 aliphatic rings. The summed E-state index contributed by atoms with van der Waals surface area (Å²) in [6.07, 6.45) is 0.785. The number of nitrogens with zero attached hydrogens (tertiary/aromatic N) is 1. The fourth-order valence-electron chi connectivity index (χ4n) is 2.46. The van der Waals surface area contributed by atoms with E-state index < -0.39 is 9.84 Å². The van der Waals surface area contributed by atoms with Crippen molar-refractivity contribution in [3.05, 3.63) is 0 Å². The van der Waals surface area contributed by atoms with Crippen LogP contribution in [-0.4, -0.2) is 68.0 Å². The van der Waals surface area contributed by atoms with Crippen LogP contribution in [0.3, 0.4) is 0 Å². The van der Waals surface area contributed by atoms with Gasteiger partial charge in [-0.3, -0.25) is 4.90 Å². The van der Waals surface area contributed by atoms with Gasteiger partial charge in [0, 0.05) is 43.2 Å². The molecule has 0 radical (unpaired) electrons. The van der Waals surface area contributed by atoms with Crippen LogP contribution in [0.2, 0.25) is 0 Å². The molecule has 2 heterocycles. The van der Waals surface area contributed by atoms with Crippen molar-refractivity contribution in [2.75, 3.05) is 42.6 Å². The molecule has 4 nitrogen and oxygen atoms in total. The van der Waals surface area contributed by atoms with E-state index in [0.29, 0.717) is 17.5 Å². The molecule has 2 unspecified atom stereocenters. The lowest BCUT2D eigenvalue weighted by molar-refractivity contribution is 0.230. The van der Waals surface area contributed by atoms with E-state index in [-0.39, 0.29) is 6.04 Å². The summed E-state index contributed by atoms with van der Waals surface area (Å²) in [5.41, 5.74) is 0. The van der Waals surface area contributed by atoms with Crippen molar-refractivity contribution in [2.45, 2.75) is 25.4 Å². The van der Waals surface area contributed by atoms with Gasteiger partial charge in [-0.2, -0.15) is 11.8 Å².